The summed E-state index contributed by atoms with van der Waals surface area (Å²) in [6.07, 6.45) is 3.47. The summed E-state index contributed by atoms with van der Waals surface area (Å²) in [5.74, 6) is -1.02. The van der Waals surface area contributed by atoms with Crippen molar-refractivity contribution >= 4 is 29.1 Å². The topological polar surface area (TPSA) is 83.9 Å². The average Bonchev–Trinajstić information content (AvgIpc) is 2.74. The molecule has 1 aromatic rings. The van der Waals surface area contributed by atoms with Gasteiger partial charge >= 0.3 is 5.97 Å². The molecule has 2 aliphatic carbocycles. The first-order valence-electron chi connectivity index (χ1n) is 12.4. The number of carbonyl (C=O) groups excluding carboxylic acids is 2. The molecule has 6 nitrogen and oxygen atoms in total. The Morgan fingerprint density at radius 1 is 1.08 bits per heavy atom. The van der Waals surface area contributed by atoms with Crippen molar-refractivity contribution in [1.82, 2.24) is 4.90 Å². The van der Waals surface area contributed by atoms with Gasteiger partial charge in [0.2, 0.25) is 0 Å². The predicted octanol–water partition coefficient (Wildman–Crippen LogP) is 6.07. The van der Waals surface area contributed by atoms with E-state index in [9.17, 15) is 19.5 Å². The third-order valence-electron chi connectivity index (χ3n) is 7.21. The molecule has 36 heavy (non-hydrogen) atoms. The van der Waals surface area contributed by atoms with Crippen molar-refractivity contribution < 1.29 is 24.2 Å². The van der Waals surface area contributed by atoms with E-state index < -0.39 is 11.9 Å². The maximum atomic E-state index is 13.8. The van der Waals surface area contributed by atoms with Gasteiger partial charge in [0.1, 0.15) is 12.4 Å². The number of carbonyl (C=O) groups is 3. The summed E-state index contributed by atoms with van der Waals surface area (Å²) in [6, 6.07) is 5.29. The smallest absolute Gasteiger partial charge is 0.305 e. The summed E-state index contributed by atoms with van der Waals surface area (Å²) in [4.78, 5) is 41.2. The number of Topliss-reactive ketones (excluding diaryl/α,β-unsaturated/α-hetero) is 2. The number of ether oxygens (including phenoxy) is 1. The molecule has 1 heterocycles. The van der Waals surface area contributed by atoms with Crippen molar-refractivity contribution in [3.63, 3.8) is 0 Å². The minimum atomic E-state index is -0.917. The molecule has 0 saturated carbocycles. The van der Waals surface area contributed by atoms with E-state index in [4.69, 9.17) is 16.3 Å². The number of benzene rings is 1. The first-order valence-corrected chi connectivity index (χ1v) is 12.8. The highest BCUT2D eigenvalue weighted by Gasteiger charge is 2.49. The SMILES string of the molecule is C=CCOc1ccc(Cl)cc1C1C2=C(CC(C)(C)CC2=O)N(CCC(=O)O)C2=C1C(=O)CC(C)(C)C2. The molecule has 7 heteroatoms. The lowest BCUT2D eigenvalue weighted by Gasteiger charge is -2.49. The summed E-state index contributed by atoms with van der Waals surface area (Å²) < 4.78 is 5.98. The van der Waals surface area contributed by atoms with Crippen molar-refractivity contribution in [3.8, 4) is 5.75 Å². The molecule has 1 aromatic carbocycles. The van der Waals surface area contributed by atoms with Crippen molar-refractivity contribution in [2.45, 2.75) is 65.7 Å². The molecule has 0 radical (unpaired) electrons. The van der Waals surface area contributed by atoms with Crippen LogP contribution in [-0.4, -0.2) is 40.7 Å². The van der Waals surface area contributed by atoms with Crippen LogP contribution >= 0.6 is 11.6 Å². The average molecular weight is 512 g/mol. The molecule has 3 aliphatic rings. The van der Waals surface area contributed by atoms with E-state index >= 15 is 0 Å². The molecule has 1 N–H and O–H groups in total. The zero-order chi connectivity index (χ0) is 26.4. The highest BCUT2D eigenvalue weighted by atomic mass is 35.5. The molecular weight excluding hydrogens is 478 g/mol. The van der Waals surface area contributed by atoms with Crippen LogP contribution in [0.4, 0.5) is 0 Å². The van der Waals surface area contributed by atoms with Crippen molar-refractivity contribution in [2.24, 2.45) is 10.8 Å². The van der Waals surface area contributed by atoms with Crippen LogP contribution in [0.3, 0.4) is 0 Å². The first-order chi connectivity index (χ1) is 16.8. The number of carboxylic acid groups (broad SMARTS) is 1. The minimum absolute atomic E-state index is 0.0228. The predicted molar refractivity (Wildman–Crippen MR) is 139 cm³/mol. The molecule has 0 amide bonds. The zero-order valence-electron chi connectivity index (χ0n) is 21.4. The maximum Gasteiger partial charge on any atom is 0.305 e. The second kappa shape index (κ2) is 9.55. The Kier molecular flexibility index (Phi) is 6.95. The van der Waals surface area contributed by atoms with Gasteiger partial charge in [0.15, 0.2) is 11.6 Å². The van der Waals surface area contributed by atoms with Gasteiger partial charge in [-0.25, -0.2) is 0 Å². The number of rotatable bonds is 7. The zero-order valence-corrected chi connectivity index (χ0v) is 22.2. The molecule has 0 bridgehead atoms. The largest absolute Gasteiger partial charge is 0.489 e. The number of hydrogen-bond donors (Lipinski definition) is 1. The van der Waals surface area contributed by atoms with E-state index in [-0.39, 0.29) is 42.0 Å². The van der Waals surface area contributed by atoms with Crippen LogP contribution in [0.25, 0.3) is 0 Å². The highest BCUT2D eigenvalue weighted by molar-refractivity contribution is 6.30. The van der Waals surface area contributed by atoms with Gasteiger partial charge in [-0.1, -0.05) is 52.0 Å². The third kappa shape index (κ3) is 5.01. The minimum Gasteiger partial charge on any atom is -0.489 e. The number of aliphatic carboxylic acids is 1. The fourth-order valence-electron chi connectivity index (χ4n) is 5.86. The maximum absolute atomic E-state index is 13.8. The number of carboxylic acids is 1. The molecule has 1 aliphatic heterocycles. The summed E-state index contributed by atoms with van der Waals surface area (Å²) >= 11 is 6.44. The molecule has 0 fully saturated rings. The van der Waals surface area contributed by atoms with Crippen molar-refractivity contribution in [2.75, 3.05) is 13.2 Å². The van der Waals surface area contributed by atoms with Gasteiger partial charge in [-0.05, 0) is 41.9 Å². The van der Waals surface area contributed by atoms with Crippen LogP contribution in [-0.2, 0) is 14.4 Å². The Morgan fingerprint density at radius 2 is 1.64 bits per heavy atom. The molecule has 0 aromatic heterocycles. The first kappa shape index (κ1) is 26.2. The second-order valence-electron chi connectivity index (χ2n) is 11.6. The van der Waals surface area contributed by atoms with E-state index in [2.05, 4.69) is 34.3 Å². The highest BCUT2D eigenvalue weighted by Crippen LogP contribution is 2.55. The van der Waals surface area contributed by atoms with Crippen LogP contribution in [0.5, 0.6) is 5.75 Å². The molecule has 0 spiro atoms. The van der Waals surface area contributed by atoms with Gasteiger partial charge in [0, 0.05) is 58.4 Å². The van der Waals surface area contributed by atoms with Crippen LogP contribution in [0.1, 0.15) is 71.3 Å². The van der Waals surface area contributed by atoms with E-state index in [0.717, 1.165) is 11.4 Å². The summed E-state index contributed by atoms with van der Waals surface area (Å²) in [7, 11) is 0. The Labute approximate surface area is 217 Å². The number of nitrogens with zero attached hydrogens (tertiary/aromatic N) is 1. The molecule has 0 atom stereocenters. The molecule has 192 valence electrons. The lowest BCUT2D eigenvalue weighted by Crippen LogP contribution is -2.45. The van der Waals surface area contributed by atoms with Gasteiger partial charge in [-0.2, -0.15) is 0 Å². The van der Waals surface area contributed by atoms with Crippen molar-refractivity contribution in [3.05, 3.63) is 64.0 Å². The fraction of sp³-hybridized carbons (Fsp3) is 0.483. The van der Waals surface area contributed by atoms with E-state index in [1.165, 1.54) is 0 Å². The Balaban J connectivity index is 2.01. The van der Waals surface area contributed by atoms with Gasteiger partial charge in [-0.3, -0.25) is 14.4 Å². The summed E-state index contributed by atoms with van der Waals surface area (Å²) in [5, 5.41) is 9.98. The van der Waals surface area contributed by atoms with E-state index in [1.807, 2.05) is 4.90 Å². The van der Waals surface area contributed by atoms with Gasteiger partial charge in [-0.15, -0.1) is 0 Å². The van der Waals surface area contributed by atoms with Crippen LogP contribution in [0, 0.1) is 10.8 Å². The summed E-state index contributed by atoms with van der Waals surface area (Å²) in [6.45, 7) is 12.4. The molecule has 4 rings (SSSR count). The van der Waals surface area contributed by atoms with Crippen LogP contribution in [0.15, 0.2) is 53.4 Å². The van der Waals surface area contributed by atoms with Gasteiger partial charge < -0.3 is 14.7 Å². The number of allylic oxidation sites excluding steroid dienone is 4. The Morgan fingerprint density at radius 3 is 2.14 bits per heavy atom. The second-order valence-corrected chi connectivity index (χ2v) is 12.0. The number of hydrogen-bond acceptors (Lipinski definition) is 5. The Hall–Kier alpha value is -2.86. The van der Waals surface area contributed by atoms with Crippen LogP contribution in [0.2, 0.25) is 5.02 Å². The fourth-order valence-corrected chi connectivity index (χ4v) is 6.04. The standard InChI is InChI=1S/C29H34ClNO5/c1-6-11-36-23-8-7-17(30)12-18(23)25-26-19(13-28(2,3)15-21(26)32)31(10-9-24(34)35)20-14-29(4,5)16-22(33)27(20)25/h6-8,12,25H,1,9-11,13-16H2,2-5H3,(H,34,35). The van der Waals surface area contributed by atoms with E-state index in [0.29, 0.717) is 53.2 Å². The molecule has 0 unspecified atom stereocenters. The monoisotopic (exact) mass is 511 g/mol. The summed E-state index contributed by atoms with van der Waals surface area (Å²) in [5.41, 5.74) is 2.88. The third-order valence-corrected chi connectivity index (χ3v) is 7.45. The lowest BCUT2D eigenvalue weighted by molar-refractivity contribution is -0.137. The normalized spacial score (nSPS) is 21.3. The number of halogens is 1. The number of ketones is 2. The van der Waals surface area contributed by atoms with Crippen molar-refractivity contribution in [1.29, 1.82) is 0 Å². The lowest BCUT2D eigenvalue weighted by atomic mass is 9.63. The van der Waals surface area contributed by atoms with Gasteiger partial charge in [0.05, 0.1) is 6.42 Å². The quantitative estimate of drug-likeness (QED) is 0.447. The Bertz CT molecular complexity index is 1150. The molecule has 0 saturated heterocycles. The van der Waals surface area contributed by atoms with E-state index in [1.54, 1.807) is 24.3 Å². The van der Waals surface area contributed by atoms with Crippen LogP contribution < -0.4 is 4.74 Å². The van der Waals surface area contributed by atoms with Gasteiger partial charge in [0.25, 0.3) is 0 Å². The molecular formula is C29H34ClNO5.